The summed E-state index contributed by atoms with van der Waals surface area (Å²) < 4.78 is 14.3. The lowest BCUT2D eigenvalue weighted by Gasteiger charge is -2.12. The van der Waals surface area contributed by atoms with E-state index in [4.69, 9.17) is 4.74 Å². The molecule has 8 heteroatoms. The van der Waals surface area contributed by atoms with E-state index in [1.807, 2.05) is 19.9 Å². The van der Waals surface area contributed by atoms with Gasteiger partial charge in [0, 0.05) is 0 Å². The summed E-state index contributed by atoms with van der Waals surface area (Å²) in [6, 6.07) is 9.20. The normalized spacial score (nSPS) is 10.1. The van der Waals surface area contributed by atoms with Gasteiger partial charge in [0.25, 0.3) is 5.91 Å². The molecule has 2 rings (SSSR count). The van der Waals surface area contributed by atoms with Crippen LogP contribution in [0.3, 0.4) is 0 Å². The van der Waals surface area contributed by atoms with Gasteiger partial charge in [-0.3, -0.25) is 4.79 Å². The lowest BCUT2D eigenvalue weighted by Crippen LogP contribution is -2.22. The number of methoxy groups -OCH3 is 2. The van der Waals surface area contributed by atoms with E-state index in [9.17, 15) is 19.2 Å². The predicted molar refractivity (Wildman–Crippen MR) is 104 cm³/mol. The SMILES string of the molecule is COC(=O)c1ccc(C(=O)OC)c(NC(=O)COC(=O)c2cc(C)cc(C)c2)c1. The van der Waals surface area contributed by atoms with E-state index in [1.165, 1.54) is 32.4 Å². The topological polar surface area (TPSA) is 108 Å². The Hall–Kier alpha value is -3.68. The fourth-order valence-electron chi connectivity index (χ4n) is 2.67. The van der Waals surface area contributed by atoms with Gasteiger partial charge >= 0.3 is 17.9 Å². The molecule has 0 radical (unpaired) electrons. The van der Waals surface area contributed by atoms with Gasteiger partial charge in [-0.25, -0.2) is 14.4 Å². The first kappa shape index (κ1) is 21.6. The quantitative estimate of drug-likeness (QED) is 0.588. The monoisotopic (exact) mass is 399 g/mol. The molecule has 152 valence electrons. The number of esters is 3. The van der Waals surface area contributed by atoms with Crippen LogP contribution in [0, 0.1) is 13.8 Å². The molecule has 1 amide bonds. The number of amides is 1. The first-order valence-corrected chi connectivity index (χ1v) is 8.61. The van der Waals surface area contributed by atoms with Crippen molar-refractivity contribution in [1.29, 1.82) is 0 Å². The summed E-state index contributed by atoms with van der Waals surface area (Å²) >= 11 is 0. The molecule has 0 heterocycles. The Balaban J connectivity index is 2.13. The van der Waals surface area contributed by atoms with Gasteiger partial charge in [-0.05, 0) is 44.2 Å². The molecule has 0 bridgehead atoms. The summed E-state index contributed by atoms with van der Waals surface area (Å²) in [6.45, 7) is 3.12. The average Bonchev–Trinajstić information content (AvgIpc) is 2.70. The van der Waals surface area contributed by atoms with Crippen LogP contribution in [0.4, 0.5) is 5.69 Å². The maximum Gasteiger partial charge on any atom is 0.339 e. The van der Waals surface area contributed by atoms with Crippen molar-refractivity contribution in [2.75, 3.05) is 26.1 Å². The summed E-state index contributed by atoms with van der Waals surface area (Å²) in [7, 11) is 2.40. The molecular formula is C21H21NO7. The molecule has 0 spiro atoms. The van der Waals surface area contributed by atoms with Crippen molar-refractivity contribution in [2.24, 2.45) is 0 Å². The van der Waals surface area contributed by atoms with E-state index in [-0.39, 0.29) is 16.8 Å². The molecule has 0 unspecified atom stereocenters. The zero-order valence-corrected chi connectivity index (χ0v) is 16.5. The molecule has 0 aromatic heterocycles. The van der Waals surface area contributed by atoms with Crippen molar-refractivity contribution in [3.8, 4) is 0 Å². The third-order valence-electron chi connectivity index (χ3n) is 3.91. The highest BCUT2D eigenvalue weighted by Crippen LogP contribution is 2.20. The van der Waals surface area contributed by atoms with Gasteiger partial charge in [-0.15, -0.1) is 0 Å². The van der Waals surface area contributed by atoms with Crippen molar-refractivity contribution in [3.05, 3.63) is 64.2 Å². The molecule has 29 heavy (non-hydrogen) atoms. The van der Waals surface area contributed by atoms with Crippen molar-refractivity contribution in [1.82, 2.24) is 0 Å². The molecule has 0 atom stereocenters. The van der Waals surface area contributed by atoms with Crippen LogP contribution in [0.5, 0.6) is 0 Å². The van der Waals surface area contributed by atoms with Crippen LogP contribution in [-0.4, -0.2) is 44.6 Å². The fraction of sp³-hybridized carbons (Fsp3) is 0.238. The van der Waals surface area contributed by atoms with E-state index in [0.29, 0.717) is 5.56 Å². The van der Waals surface area contributed by atoms with Gasteiger partial charge in [-0.1, -0.05) is 17.2 Å². The van der Waals surface area contributed by atoms with Crippen LogP contribution in [-0.2, 0) is 19.0 Å². The summed E-state index contributed by atoms with van der Waals surface area (Å²) in [6.07, 6.45) is 0. The fourth-order valence-corrected chi connectivity index (χ4v) is 2.67. The molecule has 0 aliphatic carbocycles. The third kappa shape index (κ3) is 5.65. The maximum absolute atomic E-state index is 12.2. The number of ether oxygens (including phenoxy) is 3. The van der Waals surface area contributed by atoms with E-state index in [1.54, 1.807) is 12.1 Å². The van der Waals surface area contributed by atoms with E-state index in [0.717, 1.165) is 11.1 Å². The summed E-state index contributed by atoms with van der Waals surface area (Å²) in [5.74, 6) is -2.68. The molecule has 2 aromatic rings. The van der Waals surface area contributed by atoms with Crippen LogP contribution >= 0.6 is 0 Å². The van der Waals surface area contributed by atoms with E-state index < -0.39 is 30.4 Å². The molecule has 0 aliphatic rings. The molecule has 1 N–H and O–H groups in total. The molecule has 0 saturated heterocycles. The average molecular weight is 399 g/mol. The predicted octanol–water partition coefficient (Wildman–Crippen LogP) is 2.67. The lowest BCUT2D eigenvalue weighted by atomic mass is 10.1. The third-order valence-corrected chi connectivity index (χ3v) is 3.91. The van der Waals surface area contributed by atoms with Gasteiger partial charge in [0.05, 0.1) is 36.6 Å². The van der Waals surface area contributed by atoms with Crippen molar-refractivity contribution < 1.29 is 33.4 Å². The van der Waals surface area contributed by atoms with Crippen molar-refractivity contribution >= 4 is 29.5 Å². The number of carbonyl (C=O) groups excluding carboxylic acids is 4. The maximum atomic E-state index is 12.2. The van der Waals surface area contributed by atoms with Gasteiger partial charge < -0.3 is 19.5 Å². The number of carbonyl (C=O) groups is 4. The minimum Gasteiger partial charge on any atom is -0.465 e. The number of rotatable bonds is 6. The summed E-state index contributed by atoms with van der Waals surface area (Å²) in [5.41, 5.74) is 2.31. The Bertz CT molecular complexity index is 945. The lowest BCUT2D eigenvalue weighted by molar-refractivity contribution is -0.119. The molecule has 8 nitrogen and oxygen atoms in total. The second kappa shape index (κ2) is 9.50. The van der Waals surface area contributed by atoms with Crippen LogP contribution in [0.2, 0.25) is 0 Å². The number of aryl methyl sites for hydroxylation is 2. The van der Waals surface area contributed by atoms with Gasteiger partial charge in [0.2, 0.25) is 0 Å². The number of hydrogen-bond acceptors (Lipinski definition) is 7. The zero-order chi connectivity index (χ0) is 21.6. The molecule has 2 aromatic carbocycles. The second-order valence-electron chi connectivity index (χ2n) is 6.24. The minimum atomic E-state index is -0.705. The molecule has 0 fully saturated rings. The molecule has 0 aliphatic heterocycles. The first-order valence-electron chi connectivity index (χ1n) is 8.61. The highest BCUT2D eigenvalue weighted by Gasteiger charge is 2.18. The first-order chi connectivity index (χ1) is 13.7. The van der Waals surface area contributed by atoms with Crippen molar-refractivity contribution in [2.45, 2.75) is 13.8 Å². The second-order valence-corrected chi connectivity index (χ2v) is 6.24. The number of nitrogens with one attached hydrogen (secondary N) is 1. The smallest absolute Gasteiger partial charge is 0.339 e. The largest absolute Gasteiger partial charge is 0.465 e. The Morgan fingerprint density at radius 2 is 1.41 bits per heavy atom. The van der Waals surface area contributed by atoms with Gasteiger partial charge in [0.15, 0.2) is 6.61 Å². The number of benzene rings is 2. The highest BCUT2D eigenvalue weighted by atomic mass is 16.5. The molecule has 0 saturated carbocycles. The summed E-state index contributed by atoms with van der Waals surface area (Å²) in [5, 5.41) is 2.45. The van der Waals surface area contributed by atoms with Crippen LogP contribution < -0.4 is 5.32 Å². The Morgan fingerprint density at radius 3 is 2.00 bits per heavy atom. The Morgan fingerprint density at radius 1 is 0.793 bits per heavy atom. The van der Waals surface area contributed by atoms with Crippen LogP contribution in [0.1, 0.15) is 42.2 Å². The minimum absolute atomic E-state index is 0.0344. The number of anilines is 1. The van der Waals surface area contributed by atoms with Crippen molar-refractivity contribution in [3.63, 3.8) is 0 Å². The Kier molecular flexibility index (Phi) is 7.08. The zero-order valence-electron chi connectivity index (χ0n) is 16.5. The number of hydrogen-bond donors (Lipinski definition) is 1. The van der Waals surface area contributed by atoms with E-state index in [2.05, 4.69) is 14.8 Å². The standard InChI is InChI=1S/C21H21NO7/c1-12-7-13(2)9-15(8-12)20(25)29-11-18(23)22-17-10-14(19(24)27-3)5-6-16(17)21(26)28-4/h5-10H,11H2,1-4H3,(H,22,23). The van der Waals surface area contributed by atoms with E-state index >= 15 is 0 Å². The summed E-state index contributed by atoms with van der Waals surface area (Å²) in [4.78, 5) is 48.0. The molecular weight excluding hydrogens is 378 g/mol. The van der Waals surface area contributed by atoms with Gasteiger partial charge in [0.1, 0.15) is 0 Å². The Labute approximate surface area is 167 Å². The van der Waals surface area contributed by atoms with Gasteiger partial charge in [-0.2, -0.15) is 0 Å². The highest BCUT2D eigenvalue weighted by molar-refractivity contribution is 6.04. The van der Waals surface area contributed by atoms with Crippen LogP contribution in [0.15, 0.2) is 36.4 Å². The van der Waals surface area contributed by atoms with Crippen LogP contribution in [0.25, 0.3) is 0 Å².